The van der Waals surface area contributed by atoms with Gasteiger partial charge in [-0.15, -0.1) is 0 Å². The molecule has 1 saturated carbocycles. The second kappa shape index (κ2) is 14.2. The highest BCUT2D eigenvalue weighted by molar-refractivity contribution is 5.90. The van der Waals surface area contributed by atoms with Gasteiger partial charge in [0.1, 0.15) is 6.10 Å². The van der Waals surface area contributed by atoms with Gasteiger partial charge in [0.25, 0.3) is 0 Å². The first-order chi connectivity index (χ1) is 17.4. The maximum absolute atomic E-state index is 13.5. The third-order valence-corrected chi connectivity index (χ3v) is 7.18. The third kappa shape index (κ3) is 8.18. The molecule has 0 saturated heterocycles. The maximum atomic E-state index is 13.5. The van der Waals surface area contributed by atoms with Gasteiger partial charge in [-0.05, 0) is 86.6 Å². The van der Waals surface area contributed by atoms with Gasteiger partial charge >= 0.3 is 11.9 Å². The molecule has 0 heterocycles. The fraction of sp³-hybridized carbons (Fsp3) is 0.548. The topological polar surface area (TPSA) is 52.6 Å². The predicted molar refractivity (Wildman–Crippen MR) is 142 cm³/mol. The SMILES string of the molecule is CCCCCC[C@@H](C)OC(=O)c1ccc(-c2ccc([C@H]3CC[C@H](OC(=O)[C@@H](F)CC)CC3)cc2)cc1. The molecule has 0 unspecified atom stereocenters. The highest BCUT2D eigenvalue weighted by atomic mass is 19.1. The number of ether oxygens (including phenoxy) is 2. The average molecular weight is 497 g/mol. The minimum atomic E-state index is -1.51. The number of esters is 2. The second-order valence-electron chi connectivity index (χ2n) is 10.1. The van der Waals surface area contributed by atoms with E-state index in [0.29, 0.717) is 11.5 Å². The zero-order chi connectivity index (χ0) is 25.9. The molecule has 0 amide bonds. The summed E-state index contributed by atoms with van der Waals surface area (Å²) in [4.78, 5) is 24.2. The Kier molecular flexibility index (Phi) is 11.0. The molecular weight excluding hydrogens is 455 g/mol. The minimum Gasteiger partial charge on any atom is -0.460 e. The minimum absolute atomic E-state index is 0.0688. The van der Waals surface area contributed by atoms with Gasteiger partial charge in [0.05, 0.1) is 11.7 Å². The maximum Gasteiger partial charge on any atom is 0.340 e. The molecule has 4 nitrogen and oxygen atoms in total. The molecule has 2 aromatic carbocycles. The molecular formula is C31H41FO4. The summed E-state index contributed by atoms with van der Waals surface area (Å²) < 4.78 is 24.4. The third-order valence-electron chi connectivity index (χ3n) is 7.18. The molecule has 0 aliphatic heterocycles. The Balaban J connectivity index is 1.49. The van der Waals surface area contributed by atoms with Gasteiger partial charge in [-0.25, -0.2) is 14.0 Å². The molecule has 2 aromatic rings. The van der Waals surface area contributed by atoms with Crippen molar-refractivity contribution in [1.82, 2.24) is 0 Å². The van der Waals surface area contributed by atoms with Crippen LogP contribution in [0.15, 0.2) is 48.5 Å². The van der Waals surface area contributed by atoms with Crippen LogP contribution in [0.4, 0.5) is 4.39 Å². The largest absolute Gasteiger partial charge is 0.460 e. The Hall–Kier alpha value is -2.69. The molecule has 36 heavy (non-hydrogen) atoms. The van der Waals surface area contributed by atoms with E-state index in [1.54, 1.807) is 6.92 Å². The van der Waals surface area contributed by atoms with E-state index < -0.39 is 12.1 Å². The van der Waals surface area contributed by atoms with Gasteiger partial charge in [0, 0.05) is 0 Å². The van der Waals surface area contributed by atoms with Gasteiger partial charge in [-0.3, -0.25) is 0 Å². The van der Waals surface area contributed by atoms with E-state index in [-0.39, 0.29) is 24.6 Å². The van der Waals surface area contributed by atoms with Crippen LogP contribution in [0, 0.1) is 0 Å². The number of rotatable bonds is 12. The second-order valence-corrected chi connectivity index (χ2v) is 10.1. The van der Waals surface area contributed by atoms with E-state index in [1.165, 1.54) is 24.8 Å². The van der Waals surface area contributed by atoms with Gasteiger partial charge in [-0.1, -0.05) is 69.5 Å². The smallest absolute Gasteiger partial charge is 0.340 e. The number of benzene rings is 2. The van der Waals surface area contributed by atoms with E-state index in [1.807, 2.05) is 31.2 Å². The van der Waals surface area contributed by atoms with Crippen molar-refractivity contribution in [2.45, 2.75) is 109 Å². The van der Waals surface area contributed by atoms with Crippen LogP contribution in [0.25, 0.3) is 11.1 Å². The molecule has 1 fully saturated rings. The number of hydrogen-bond acceptors (Lipinski definition) is 4. The van der Waals surface area contributed by atoms with Crippen LogP contribution < -0.4 is 0 Å². The standard InChI is InChI=1S/C31H41FO4/c1-4-6-7-8-9-22(3)35-30(33)27-16-14-25(15-17-27)23-10-12-24(13-11-23)26-18-20-28(21-19-26)36-31(34)29(32)5-2/h10-17,22,26,28-29H,4-9,18-21H2,1-3H3/t22-,26-,28-,29+/m1/s1. The van der Waals surface area contributed by atoms with Crippen molar-refractivity contribution in [3.05, 3.63) is 59.7 Å². The Labute approximate surface area is 215 Å². The van der Waals surface area contributed by atoms with Gasteiger partial charge in [0.2, 0.25) is 0 Å². The van der Waals surface area contributed by atoms with E-state index in [9.17, 15) is 14.0 Å². The molecule has 0 N–H and O–H groups in total. The predicted octanol–water partition coefficient (Wildman–Crippen LogP) is 8.19. The quantitative estimate of drug-likeness (QED) is 0.220. The van der Waals surface area contributed by atoms with Gasteiger partial charge < -0.3 is 9.47 Å². The van der Waals surface area contributed by atoms with Gasteiger partial charge in [0.15, 0.2) is 6.17 Å². The zero-order valence-corrected chi connectivity index (χ0v) is 22.0. The molecule has 0 aromatic heterocycles. The van der Waals surface area contributed by atoms with Crippen LogP contribution >= 0.6 is 0 Å². The van der Waals surface area contributed by atoms with Crippen LogP contribution in [0.2, 0.25) is 0 Å². The molecule has 0 radical (unpaired) electrons. The fourth-order valence-corrected chi connectivity index (χ4v) is 4.83. The van der Waals surface area contributed by atoms with Crippen molar-refractivity contribution in [3.8, 4) is 11.1 Å². The van der Waals surface area contributed by atoms with E-state index in [0.717, 1.165) is 49.7 Å². The molecule has 2 atom stereocenters. The first-order valence-electron chi connectivity index (χ1n) is 13.7. The van der Waals surface area contributed by atoms with Crippen LogP contribution in [0.1, 0.15) is 107 Å². The molecule has 3 rings (SSSR count). The monoisotopic (exact) mass is 496 g/mol. The lowest BCUT2D eigenvalue weighted by Crippen LogP contribution is -2.28. The van der Waals surface area contributed by atoms with E-state index in [2.05, 4.69) is 31.2 Å². The van der Waals surface area contributed by atoms with Crippen LogP contribution in [0.3, 0.4) is 0 Å². The molecule has 5 heteroatoms. The lowest BCUT2D eigenvalue weighted by atomic mass is 9.82. The number of hydrogen-bond donors (Lipinski definition) is 0. The number of halogens is 1. The molecule has 0 spiro atoms. The summed E-state index contributed by atoms with van der Waals surface area (Å²) in [6.45, 7) is 5.80. The summed E-state index contributed by atoms with van der Waals surface area (Å²) in [6, 6.07) is 16.1. The Morgan fingerprint density at radius 1 is 0.889 bits per heavy atom. The van der Waals surface area contributed by atoms with Crippen LogP contribution in [-0.2, 0) is 14.3 Å². The Morgan fingerprint density at radius 3 is 2.08 bits per heavy atom. The molecule has 1 aliphatic rings. The van der Waals surface area contributed by atoms with Crippen LogP contribution in [0.5, 0.6) is 0 Å². The van der Waals surface area contributed by atoms with Crippen molar-refractivity contribution in [2.75, 3.05) is 0 Å². The molecule has 0 bridgehead atoms. The lowest BCUT2D eigenvalue weighted by Gasteiger charge is -2.29. The van der Waals surface area contributed by atoms with Crippen molar-refractivity contribution in [2.24, 2.45) is 0 Å². The van der Waals surface area contributed by atoms with Crippen molar-refractivity contribution >= 4 is 11.9 Å². The number of unbranched alkanes of at least 4 members (excludes halogenated alkanes) is 3. The molecule has 1 aliphatic carbocycles. The fourth-order valence-electron chi connectivity index (χ4n) is 4.83. The highest BCUT2D eigenvalue weighted by Crippen LogP contribution is 2.35. The number of carbonyl (C=O) groups is 2. The summed E-state index contributed by atoms with van der Waals surface area (Å²) in [5.74, 6) is -0.568. The first-order valence-corrected chi connectivity index (χ1v) is 13.7. The normalized spacial score (nSPS) is 19.3. The summed E-state index contributed by atoms with van der Waals surface area (Å²) in [7, 11) is 0. The number of alkyl halides is 1. The van der Waals surface area contributed by atoms with E-state index in [4.69, 9.17) is 9.47 Å². The van der Waals surface area contributed by atoms with Crippen LogP contribution in [-0.4, -0.2) is 30.3 Å². The zero-order valence-electron chi connectivity index (χ0n) is 22.0. The lowest BCUT2D eigenvalue weighted by molar-refractivity contribution is -0.156. The first kappa shape index (κ1) is 27.9. The Morgan fingerprint density at radius 2 is 1.50 bits per heavy atom. The average Bonchev–Trinajstić information content (AvgIpc) is 2.91. The highest BCUT2D eigenvalue weighted by Gasteiger charge is 2.27. The summed E-state index contributed by atoms with van der Waals surface area (Å²) in [6.07, 6.45) is 7.38. The Bertz CT molecular complexity index is 946. The molecule has 196 valence electrons. The van der Waals surface area contributed by atoms with E-state index >= 15 is 0 Å². The summed E-state index contributed by atoms with van der Waals surface area (Å²) >= 11 is 0. The summed E-state index contributed by atoms with van der Waals surface area (Å²) in [5, 5.41) is 0. The summed E-state index contributed by atoms with van der Waals surface area (Å²) in [5.41, 5.74) is 4.00. The van der Waals surface area contributed by atoms with Gasteiger partial charge in [-0.2, -0.15) is 0 Å². The van der Waals surface area contributed by atoms with Crippen molar-refractivity contribution < 1.29 is 23.5 Å². The van der Waals surface area contributed by atoms with Crippen molar-refractivity contribution in [1.29, 1.82) is 0 Å². The van der Waals surface area contributed by atoms with Crippen molar-refractivity contribution in [3.63, 3.8) is 0 Å². The number of carbonyl (C=O) groups excluding carboxylic acids is 2.